The number of rotatable bonds is 3. The Kier molecular flexibility index (Phi) is 3.64. The maximum atomic E-state index is 13.8. The maximum absolute atomic E-state index is 13.8. The molecule has 3 rings (SSSR count). The summed E-state index contributed by atoms with van der Waals surface area (Å²) in [7, 11) is 0. The SMILES string of the molecule is CC1(CNC(=O)c2ccc(F)c3ccccc23)CCCN1. The molecule has 2 N–H and O–H groups in total. The van der Waals surface area contributed by atoms with Crippen LogP contribution < -0.4 is 10.6 Å². The van der Waals surface area contributed by atoms with Gasteiger partial charge in [-0.2, -0.15) is 0 Å². The minimum atomic E-state index is -0.299. The molecule has 21 heavy (non-hydrogen) atoms. The Balaban J connectivity index is 1.83. The highest BCUT2D eigenvalue weighted by Crippen LogP contribution is 2.22. The second-order valence-corrected chi connectivity index (χ2v) is 5.91. The van der Waals surface area contributed by atoms with Crippen LogP contribution in [0.5, 0.6) is 0 Å². The number of nitrogens with one attached hydrogen (secondary N) is 2. The van der Waals surface area contributed by atoms with Crippen molar-refractivity contribution in [2.45, 2.75) is 25.3 Å². The zero-order chi connectivity index (χ0) is 14.9. The van der Waals surface area contributed by atoms with Crippen molar-refractivity contribution < 1.29 is 9.18 Å². The second-order valence-electron chi connectivity index (χ2n) is 5.91. The summed E-state index contributed by atoms with van der Waals surface area (Å²) in [6.07, 6.45) is 2.18. The van der Waals surface area contributed by atoms with Crippen LogP contribution in [0.15, 0.2) is 36.4 Å². The molecule has 1 atom stereocenters. The van der Waals surface area contributed by atoms with Crippen molar-refractivity contribution in [1.29, 1.82) is 0 Å². The minimum Gasteiger partial charge on any atom is -0.350 e. The third-order valence-corrected chi connectivity index (χ3v) is 4.21. The van der Waals surface area contributed by atoms with Gasteiger partial charge in [-0.05, 0) is 43.8 Å². The first-order chi connectivity index (χ1) is 10.1. The molecule has 0 saturated carbocycles. The molecule has 1 heterocycles. The molecular weight excluding hydrogens is 267 g/mol. The molecule has 1 aliphatic rings. The van der Waals surface area contributed by atoms with Gasteiger partial charge in [0, 0.05) is 23.0 Å². The van der Waals surface area contributed by atoms with Crippen LogP contribution >= 0.6 is 0 Å². The van der Waals surface area contributed by atoms with Gasteiger partial charge in [0.1, 0.15) is 5.82 Å². The molecule has 0 aromatic heterocycles. The van der Waals surface area contributed by atoms with Crippen molar-refractivity contribution in [1.82, 2.24) is 10.6 Å². The third-order valence-electron chi connectivity index (χ3n) is 4.21. The number of halogens is 1. The van der Waals surface area contributed by atoms with Crippen LogP contribution in [-0.4, -0.2) is 24.5 Å². The molecule has 0 aliphatic carbocycles. The largest absolute Gasteiger partial charge is 0.350 e. The normalized spacial score (nSPS) is 21.6. The monoisotopic (exact) mass is 286 g/mol. The Morgan fingerprint density at radius 2 is 2.05 bits per heavy atom. The zero-order valence-corrected chi connectivity index (χ0v) is 12.1. The predicted octanol–water partition coefficient (Wildman–Crippen LogP) is 2.85. The Morgan fingerprint density at radius 1 is 1.29 bits per heavy atom. The van der Waals surface area contributed by atoms with Crippen LogP contribution in [0.2, 0.25) is 0 Å². The van der Waals surface area contributed by atoms with E-state index >= 15 is 0 Å². The van der Waals surface area contributed by atoms with Gasteiger partial charge in [0.25, 0.3) is 5.91 Å². The Bertz CT molecular complexity index is 678. The average Bonchev–Trinajstić information content (AvgIpc) is 2.93. The van der Waals surface area contributed by atoms with Crippen LogP contribution in [0.1, 0.15) is 30.1 Å². The number of hydrogen-bond donors (Lipinski definition) is 2. The van der Waals surface area contributed by atoms with Gasteiger partial charge in [-0.25, -0.2) is 4.39 Å². The second kappa shape index (κ2) is 5.45. The number of benzene rings is 2. The quantitative estimate of drug-likeness (QED) is 0.911. The van der Waals surface area contributed by atoms with Crippen molar-refractivity contribution in [3.8, 4) is 0 Å². The van der Waals surface area contributed by atoms with Crippen molar-refractivity contribution in [3.05, 3.63) is 47.8 Å². The molecule has 1 amide bonds. The van der Waals surface area contributed by atoms with Crippen LogP contribution in [0, 0.1) is 5.82 Å². The van der Waals surface area contributed by atoms with Gasteiger partial charge in [-0.3, -0.25) is 4.79 Å². The van der Waals surface area contributed by atoms with E-state index in [-0.39, 0.29) is 17.3 Å². The average molecular weight is 286 g/mol. The number of carbonyl (C=O) groups excluding carboxylic acids is 1. The molecule has 1 aliphatic heterocycles. The fourth-order valence-corrected chi connectivity index (χ4v) is 2.94. The number of carbonyl (C=O) groups is 1. The Labute approximate surface area is 123 Å². The van der Waals surface area contributed by atoms with Crippen molar-refractivity contribution in [2.24, 2.45) is 0 Å². The molecule has 0 spiro atoms. The molecule has 0 radical (unpaired) electrons. The van der Waals surface area contributed by atoms with E-state index in [9.17, 15) is 9.18 Å². The molecule has 1 unspecified atom stereocenters. The zero-order valence-electron chi connectivity index (χ0n) is 12.1. The standard InChI is InChI=1S/C17H19FN2O/c1-17(9-4-10-20-17)11-19-16(21)14-7-8-15(18)13-6-3-2-5-12(13)14/h2-3,5-8,20H,4,9-11H2,1H3,(H,19,21). The van der Waals surface area contributed by atoms with Crippen LogP contribution in [0.3, 0.4) is 0 Å². The molecule has 1 saturated heterocycles. The van der Waals surface area contributed by atoms with Crippen LogP contribution in [-0.2, 0) is 0 Å². The summed E-state index contributed by atoms with van der Waals surface area (Å²) < 4.78 is 13.8. The third kappa shape index (κ3) is 2.76. The topological polar surface area (TPSA) is 41.1 Å². The van der Waals surface area contributed by atoms with Gasteiger partial charge >= 0.3 is 0 Å². The highest BCUT2D eigenvalue weighted by molar-refractivity contribution is 6.07. The smallest absolute Gasteiger partial charge is 0.251 e. The lowest BCUT2D eigenvalue weighted by Gasteiger charge is -2.24. The first-order valence-electron chi connectivity index (χ1n) is 7.30. The van der Waals surface area contributed by atoms with Crippen molar-refractivity contribution >= 4 is 16.7 Å². The highest BCUT2D eigenvalue weighted by Gasteiger charge is 2.28. The van der Waals surface area contributed by atoms with Gasteiger partial charge in [-0.1, -0.05) is 24.3 Å². The molecule has 2 aromatic carbocycles. The van der Waals surface area contributed by atoms with E-state index in [4.69, 9.17) is 0 Å². The summed E-state index contributed by atoms with van der Waals surface area (Å²) in [5.74, 6) is -0.451. The Hall–Kier alpha value is -1.94. The first kappa shape index (κ1) is 14.0. The molecule has 2 aromatic rings. The molecule has 0 bridgehead atoms. The number of hydrogen-bond acceptors (Lipinski definition) is 2. The molecule has 1 fully saturated rings. The maximum Gasteiger partial charge on any atom is 0.251 e. The highest BCUT2D eigenvalue weighted by atomic mass is 19.1. The molecule has 110 valence electrons. The molecular formula is C17H19FN2O. The lowest BCUT2D eigenvalue weighted by Crippen LogP contribution is -2.47. The molecule has 4 heteroatoms. The van der Waals surface area contributed by atoms with Gasteiger partial charge < -0.3 is 10.6 Å². The first-order valence-corrected chi connectivity index (χ1v) is 7.30. The van der Waals surface area contributed by atoms with E-state index in [1.165, 1.54) is 6.07 Å². The summed E-state index contributed by atoms with van der Waals surface area (Å²) in [5.41, 5.74) is 0.486. The van der Waals surface area contributed by atoms with E-state index < -0.39 is 0 Å². The summed E-state index contributed by atoms with van der Waals surface area (Å²) in [6.45, 7) is 3.69. The summed E-state index contributed by atoms with van der Waals surface area (Å²) in [5, 5.41) is 7.51. The summed E-state index contributed by atoms with van der Waals surface area (Å²) >= 11 is 0. The minimum absolute atomic E-state index is 0.0362. The molecule has 3 nitrogen and oxygen atoms in total. The summed E-state index contributed by atoms with van der Waals surface area (Å²) in [4.78, 5) is 12.4. The van der Waals surface area contributed by atoms with Crippen molar-refractivity contribution in [3.63, 3.8) is 0 Å². The Morgan fingerprint density at radius 3 is 2.76 bits per heavy atom. The lowest BCUT2D eigenvalue weighted by molar-refractivity contribution is 0.0944. The van der Waals surface area contributed by atoms with E-state index in [1.54, 1.807) is 24.3 Å². The van der Waals surface area contributed by atoms with E-state index in [2.05, 4.69) is 17.6 Å². The van der Waals surface area contributed by atoms with E-state index in [0.717, 1.165) is 19.4 Å². The predicted molar refractivity (Wildman–Crippen MR) is 81.9 cm³/mol. The van der Waals surface area contributed by atoms with Crippen LogP contribution in [0.4, 0.5) is 4.39 Å². The van der Waals surface area contributed by atoms with Gasteiger partial charge in [0.05, 0.1) is 0 Å². The number of fused-ring (bicyclic) bond motifs is 1. The van der Waals surface area contributed by atoms with E-state index in [0.29, 0.717) is 22.9 Å². The van der Waals surface area contributed by atoms with Gasteiger partial charge in [-0.15, -0.1) is 0 Å². The van der Waals surface area contributed by atoms with Gasteiger partial charge in [0.2, 0.25) is 0 Å². The summed E-state index contributed by atoms with van der Waals surface area (Å²) in [6, 6.07) is 9.98. The fraction of sp³-hybridized carbons (Fsp3) is 0.353. The van der Waals surface area contributed by atoms with E-state index in [1.807, 2.05) is 6.07 Å². The lowest BCUT2D eigenvalue weighted by atomic mass is 9.99. The van der Waals surface area contributed by atoms with Crippen LogP contribution in [0.25, 0.3) is 10.8 Å². The fourth-order valence-electron chi connectivity index (χ4n) is 2.94. The van der Waals surface area contributed by atoms with Gasteiger partial charge in [0.15, 0.2) is 0 Å². The van der Waals surface area contributed by atoms with Crippen molar-refractivity contribution in [2.75, 3.05) is 13.1 Å². The number of amides is 1.